The molecule has 2 N–H and O–H groups in total. The van der Waals surface area contributed by atoms with E-state index < -0.39 is 17.5 Å². The lowest BCUT2D eigenvalue weighted by molar-refractivity contribution is 0.0413. The van der Waals surface area contributed by atoms with Crippen LogP contribution in [0, 0.1) is 10.7 Å². The van der Waals surface area contributed by atoms with E-state index in [0.717, 1.165) is 12.1 Å². The minimum absolute atomic E-state index is 0.0686. The molecule has 1 aromatic heterocycles. The molecule has 0 bridgehead atoms. The summed E-state index contributed by atoms with van der Waals surface area (Å²) in [5.74, 6) is -0.383. The number of nitrogens with zero attached hydrogens (tertiary/aromatic N) is 6. The number of rotatable bonds is 14. The summed E-state index contributed by atoms with van der Waals surface area (Å²) in [6.45, 7) is 14.3. The molecular formula is C22H28BrFN8O5S. The number of halogens is 2. The molecule has 0 aliphatic rings. The second kappa shape index (κ2) is 15.0. The van der Waals surface area contributed by atoms with Gasteiger partial charge in [-0.2, -0.15) is 5.48 Å². The molecule has 16 heteroatoms. The molecule has 38 heavy (non-hydrogen) atoms. The zero-order chi connectivity index (χ0) is 28.1. The number of nitrogens with one attached hydrogen (secondary N) is 2. The molecule has 206 valence electrons. The highest BCUT2D eigenvalue weighted by atomic mass is 79.9. The van der Waals surface area contributed by atoms with Crippen LogP contribution in [0.15, 0.2) is 62.9 Å². The number of aromatic nitrogens is 2. The van der Waals surface area contributed by atoms with Gasteiger partial charge in [0.1, 0.15) is 11.4 Å². The van der Waals surface area contributed by atoms with Gasteiger partial charge in [0.05, 0.1) is 16.7 Å². The molecule has 1 amide bonds. The van der Waals surface area contributed by atoms with Gasteiger partial charge in [0.15, 0.2) is 16.9 Å². The van der Waals surface area contributed by atoms with Crippen molar-refractivity contribution in [2.45, 2.75) is 26.4 Å². The van der Waals surface area contributed by atoms with Crippen LogP contribution in [-0.4, -0.2) is 62.6 Å². The number of ether oxygens (including phenoxy) is 1. The van der Waals surface area contributed by atoms with E-state index in [1.165, 1.54) is 22.5 Å². The van der Waals surface area contributed by atoms with Crippen LogP contribution in [0.3, 0.4) is 0 Å². The van der Waals surface area contributed by atoms with Crippen molar-refractivity contribution < 1.29 is 23.5 Å². The van der Waals surface area contributed by atoms with E-state index in [2.05, 4.69) is 65.5 Å². The highest BCUT2D eigenvalue weighted by molar-refractivity contribution is 9.10. The molecule has 1 heterocycles. The zero-order valence-electron chi connectivity index (χ0n) is 21.0. The first-order valence-electron chi connectivity index (χ1n) is 11.1. The SMILES string of the molecule is C=CCN(CCNc1nonc1C(=Nc1ccc(F)c(Br)c1)NON=O)SN(CC=C)C(=O)OC(C)(C)C. The normalized spacial score (nSPS) is 11.6. The molecular weight excluding hydrogens is 587 g/mol. The molecule has 13 nitrogen and oxygen atoms in total. The van der Waals surface area contributed by atoms with Crippen LogP contribution < -0.4 is 10.8 Å². The molecule has 0 atom stereocenters. The average Bonchev–Trinajstić information content (AvgIpc) is 3.31. The lowest BCUT2D eigenvalue weighted by atomic mass is 10.2. The Balaban J connectivity index is 2.14. The third-order valence-electron chi connectivity index (χ3n) is 4.13. The van der Waals surface area contributed by atoms with E-state index >= 15 is 0 Å². The number of benzene rings is 1. The number of amides is 1. The van der Waals surface area contributed by atoms with Crippen molar-refractivity contribution in [1.82, 2.24) is 24.4 Å². The summed E-state index contributed by atoms with van der Waals surface area (Å²) < 4.78 is 27.4. The molecule has 0 aliphatic carbocycles. The quantitative estimate of drug-likeness (QED) is 0.0727. The summed E-state index contributed by atoms with van der Waals surface area (Å²) in [5.41, 5.74) is 1.97. The Morgan fingerprint density at radius 1 is 1.29 bits per heavy atom. The van der Waals surface area contributed by atoms with Gasteiger partial charge in [-0.25, -0.2) is 32.4 Å². The van der Waals surface area contributed by atoms with Crippen molar-refractivity contribution in [3.8, 4) is 0 Å². The summed E-state index contributed by atoms with van der Waals surface area (Å²) >= 11 is 4.25. The van der Waals surface area contributed by atoms with Gasteiger partial charge in [0.2, 0.25) is 5.82 Å². The maximum atomic E-state index is 13.6. The largest absolute Gasteiger partial charge is 0.443 e. The van der Waals surface area contributed by atoms with E-state index in [0.29, 0.717) is 25.3 Å². The number of aliphatic imine (C=N–C) groups is 1. The van der Waals surface area contributed by atoms with Gasteiger partial charge in [-0.05, 0) is 65.2 Å². The highest BCUT2D eigenvalue weighted by Gasteiger charge is 2.24. The second-order valence-electron chi connectivity index (χ2n) is 8.30. The molecule has 0 radical (unpaired) electrons. The molecule has 2 rings (SSSR count). The van der Waals surface area contributed by atoms with Gasteiger partial charge < -0.3 is 10.1 Å². The first-order chi connectivity index (χ1) is 18.1. The summed E-state index contributed by atoms with van der Waals surface area (Å²) in [6.07, 6.45) is 2.78. The summed E-state index contributed by atoms with van der Waals surface area (Å²) in [5, 5.41) is 13.0. The van der Waals surface area contributed by atoms with E-state index in [-0.39, 0.29) is 28.4 Å². The number of carbonyl (C=O) groups is 1. The van der Waals surface area contributed by atoms with Crippen LogP contribution in [0.1, 0.15) is 26.5 Å². The van der Waals surface area contributed by atoms with Gasteiger partial charge in [-0.15, -0.1) is 18.1 Å². The van der Waals surface area contributed by atoms with Gasteiger partial charge in [0, 0.05) is 31.8 Å². The molecule has 0 unspecified atom stereocenters. The Morgan fingerprint density at radius 3 is 2.66 bits per heavy atom. The second-order valence-corrected chi connectivity index (χ2v) is 10.3. The topological polar surface area (TPSA) is 147 Å². The van der Waals surface area contributed by atoms with Crippen molar-refractivity contribution >= 4 is 51.5 Å². The monoisotopic (exact) mass is 614 g/mol. The predicted molar refractivity (Wildman–Crippen MR) is 146 cm³/mol. The molecule has 0 saturated heterocycles. The fraction of sp³-hybridized carbons (Fsp3) is 0.364. The van der Waals surface area contributed by atoms with Crippen LogP contribution in [-0.2, 0) is 9.68 Å². The number of hydrogen-bond acceptors (Lipinski definition) is 12. The Kier molecular flexibility index (Phi) is 12.2. The van der Waals surface area contributed by atoms with Crippen molar-refractivity contribution in [3.63, 3.8) is 0 Å². The summed E-state index contributed by atoms with van der Waals surface area (Å²) in [4.78, 5) is 31.8. The van der Waals surface area contributed by atoms with Gasteiger partial charge in [-0.3, -0.25) is 0 Å². The molecule has 0 fully saturated rings. The van der Waals surface area contributed by atoms with Crippen molar-refractivity contribution in [2.24, 2.45) is 10.3 Å². The Bertz CT molecular complexity index is 1140. The maximum Gasteiger partial charge on any atom is 0.421 e. The van der Waals surface area contributed by atoms with E-state index in [1.54, 1.807) is 32.9 Å². The van der Waals surface area contributed by atoms with Gasteiger partial charge in [-0.1, -0.05) is 12.2 Å². The standard InChI is InChI=1S/C22H28BrFN8O5S/c1-6-11-31(38-32(12-7-2)21(33)35-22(3,4)5)13-10-25-19-18(27-36-28-19)20(29-37-30-34)26-15-8-9-17(24)16(23)14-15/h6-9,14H,1-2,10-13H2,3-5H3,(H,25,28)(H,26,29). The summed E-state index contributed by atoms with van der Waals surface area (Å²) in [7, 11) is 0. The minimum Gasteiger partial charge on any atom is -0.443 e. The van der Waals surface area contributed by atoms with E-state index in [9.17, 15) is 14.1 Å². The fourth-order valence-corrected chi connectivity index (χ4v) is 3.92. The number of hydrogen-bond donors (Lipinski definition) is 2. The minimum atomic E-state index is -0.654. The first-order valence-corrected chi connectivity index (χ1v) is 12.6. The van der Waals surface area contributed by atoms with Crippen LogP contribution in [0.25, 0.3) is 0 Å². The summed E-state index contributed by atoms with van der Waals surface area (Å²) in [6, 6.07) is 4.02. The van der Waals surface area contributed by atoms with Crippen LogP contribution in [0.5, 0.6) is 0 Å². The van der Waals surface area contributed by atoms with E-state index in [1.807, 2.05) is 4.31 Å². The van der Waals surface area contributed by atoms with Crippen molar-refractivity contribution in [1.29, 1.82) is 0 Å². The van der Waals surface area contributed by atoms with Gasteiger partial charge >= 0.3 is 6.09 Å². The first kappa shape index (κ1) is 30.7. The number of carbonyl (C=O) groups excluding carboxylic acids is 1. The third kappa shape index (κ3) is 10.1. The molecule has 0 saturated carbocycles. The van der Waals surface area contributed by atoms with Crippen LogP contribution in [0.4, 0.5) is 20.7 Å². The third-order valence-corrected chi connectivity index (χ3v) is 5.79. The molecule has 1 aromatic carbocycles. The van der Waals surface area contributed by atoms with Crippen LogP contribution in [0.2, 0.25) is 0 Å². The number of amidine groups is 1. The maximum absolute atomic E-state index is 13.6. The van der Waals surface area contributed by atoms with Crippen LogP contribution >= 0.6 is 28.1 Å². The molecule has 0 aliphatic heterocycles. The van der Waals surface area contributed by atoms with E-state index in [4.69, 9.17) is 9.37 Å². The lowest BCUT2D eigenvalue weighted by Gasteiger charge is -2.29. The molecule has 2 aromatic rings. The van der Waals surface area contributed by atoms with Gasteiger partial charge in [0.25, 0.3) is 0 Å². The fourth-order valence-electron chi connectivity index (χ4n) is 2.65. The highest BCUT2D eigenvalue weighted by Crippen LogP contribution is 2.24. The zero-order valence-corrected chi connectivity index (χ0v) is 23.4. The number of hydroxylamine groups is 1. The average molecular weight is 615 g/mol. The van der Waals surface area contributed by atoms with Crippen molar-refractivity contribution in [2.75, 3.05) is 31.5 Å². The molecule has 0 spiro atoms. The Morgan fingerprint density at radius 2 is 2.03 bits per heavy atom. The lowest BCUT2D eigenvalue weighted by Crippen LogP contribution is -2.36. The Hall–Kier alpha value is -3.50. The van der Waals surface area contributed by atoms with Crippen molar-refractivity contribution in [3.05, 3.63) is 64.4 Å². The smallest absolute Gasteiger partial charge is 0.421 e. The Labute approximate surface area is 231 Å². The predicted octanol–water partition coefficient (Wildman–Crippen LogP) is 5.14. The number of anilines is 1.